The molecule has 0 amide bonds. The number of ether oxygens (including phenoxy) is 2. The van der Waals surface area contributed by atoms with Crippen molar-refractivity contribution < 1.29 is 18.3 Å². The minimum atomic E-state index is -2.85. The number of hydrogen-bond acceptors (Lipinski definition) is 3. The molecule has 112 valence electrons. The molecule has 0 bridgehead atoms. The molecule has 5 heteroatoms. The molecule has 0 spiro atoms. The van der Waals surface area contributed by atoms with Crippen LogP contribution >= 0.6 is 0 Å². The topological polar surface area (TPSA) is 30.5 Å². The maximum Gasteiger partial charge on any atom is 0.387 e. The highest BCUT2D eigenvalue weighted by atomic mass is 19.3. The van der Waals surface area contributed by atoms with E-state index >= 15 is 0 Å². The van der Waals surface area contributed by atoms with E-state index in [1.165, 1.54) is 6.07 Å². The van der Waals surface area contributed by atoms with Crippen molar-refractivity contribution in [3.8, 4) is 11.5 Å². The van der Waals surface area contributed by atoms with Crippen LogP contribution in [0.3, 0.4) is 0 Å². The number of rotatable bonds is 9. The smallest absolute Gasteiger partial charge is 0.387 e. The predicted molar refractivity (Wildman–Crippen MR) is 76.4 cm³/mol. The van der Waals surface area contributed by atoms with Crippen molar-refractivity contribution in [1.82, 2.24) is 5.32 Å². The van der Waals surface area contributed by atoms with Crippen molar-refractivity contribution in [3.63, 3.8) is 0 Å². The zero-order chi connectivity index (χ0) is 14.8. The minimum Gasteiger partial charge on any atom is -0.490 e. The first kappa shape index (κ1) is 16.4. The van der Waals surface area contributed by atoms with Gasteiger partial charge in [0, 0.05) is 6.54 Å². The molecule has 0 saturated carbocycles. The van der Waals surface area contributed by atoms with E-state index in [1.54, 1.807) is 19.1 Å². The van der Waals surface area contributed by atoms with Crippen molar-refractivity contribution in [3.05, 3.63) is 29.8 Å². The van der Waals surface area contributed by atoms with Crippen LogP contribution in [0.2, 0.25) is 0 Å². The number of alkyl halides is 2. The largest absolute Gasteiger partial charge is 0.490 e. The second-order valence-electron chi connectivity index (χ2n) is 4.12. The van der Waals surface area contributed by atoms with E-state index in [-0.39, 0.29) is 5.75 Å². The fourth-order valence-electron chi connectivity index (χ4n) is 1.65. The van der Waals surface area contributed by atoms with Gasteiger partial charge in [-0.25, -0.2) is 0 Å². The molecule has 0 radical (unpaired) electrons. The van der Waals surface area contributed by atoms with E-state index in [2.05, 4.69) is 17.0 Å². The van der Waals surface area contributed by atoms with Gasteiger partial charge in [0.05, 0.1) is 6.61 Å². The summed E-state index contributed by atoms with van der Waals surface area (Å²) in [5.74, 6) is 0.388. The average molecular weight is 285 g/mol. The Balaban J connectivity index is 2.71. The number of nitrogens with one attached hydrogen (secondary N) is 1. The highest BCUT2D eigenvalue weighted by Crippen LogP contribution is 2.30. The maximum absolute atomic E-state index is 12.3. The first-order chi connectivity index (χ1) is 9.67. The Labute approximate surface area is 118 Å². The van der Waals surface area contributed by atoms with E-state index in [0.29, 0.717) is 12.4 Å². The summed E-state index contributed by atoms with van der Waals surface area (Å²) < 4.78 is 34.3. The van der Waals surface area contributed by atoms with Gasteiger partial charge in [-0.1, -0.05) is 25.1 Å². The summed E-state index contributed by atoms with van der Waals surface area (Å²) in [7, 11) is 0. The van der Waals surface area contributed by atoms with Crippen LogP contribution in [-0.4, -0.2) is 26.3 Å². The molecule has 3 nitrogen and oxygen atoms in total. The molecule has 0 saturated heterocycles. The van der Waals surface area contributed by atoms with Gasteiger partial charge in [0.15, 0.2) is 11.5 Å². The van der Waals surface area contributed by atoms with Crippen LogP contribution < -0.4 is 14.8 Å². The normalized spacial score (nSPS) is 11.2. The summed E-state index contributed by atoms with van der Waals surface area (Å²) in [4.78, 5) is 0. The molecule has 0 unspecified atom stereocenters. The Morgan fingerprint density at radius 3 is 2.70 bits per heavy atom. The fourth-order valence-corrected chi connectivity index (χ4v) is 1.65. The third-order valence-corrected chi connectivity index (χ3v) is 2.48. The Morgan fingerprint density at radius 1 is 1.25 bits per heavy atom. The molecule has 0 aliphatic heterocycles. The van der Waals surface area contributed by atoms with Crippen LogP contribution in [0.25, 0.3) is 6.08 Å². The van der Waals surface area contributed by atoms with Crippen LogP contribution in [0.15, 0.2) is 24.3 Å². The van der Waals surface area contributed by atoms with Gasteiger partial charge in [-0.15, -0.1) is 0 Å². The fraction of sp³-hybridized carbons (Fsp3) is 0.467. The number of benzene rings is 1. The van der Waals surface area contributed by atoms with Gasteiger partial charge in [-0.05, 0) is 37.6 Å². The molecule has 1 aromatic rings. The van der Waals surface area contributed by atoms with Crippen LogP contribution in [0.5, 0.6) is 11.5 Å². The van der Waals surface area contributed by atoms with Crippen molar-refractivity contribution in [2.75, 3.05) is 19.7 Å². The summed E-state index contributed by atoms with van der Waals surface area (Å²) in [6, 6.07) is 4.91. The van der Waals surface area contributed by atoms with Crippen LogP contribution in [0.1, 0.15) is 25.8 Å². The van der Waals surface area contributed by atoms with Crippen LogP contribution in [0, 0.1) is 0 Å². The Morgan fingerprint density at radius 2 is 2.05 bits per heavy atom. The molecule has 1 rings (SSSR count). The zero-order valence-electron chi connectivity index (χ0n) is 11.9. The van der Waals surface area contributed by atoms with E-state index in [1.807, 2.05) is 12.2 Å². The van der Waals surface area contributed by atoms with Gasteiger partial charge >= 0.3 is 6.61 Å². The maximum atomic E-state index is 12.3. The predicted octanol–water partition coefficient (Wildman–Crippen LogP) is 3.70. The molecule has 1 N–H and O–H groups in total. The summed E-state index contributed by atoms with van der Waals surface area (Å²) in [6.45, 7) is 3.18. The first-order valence-electron chi connectivity index (χ1n) is 6.76. The Hall–Kier alpha value is -1.62. The lowest BCUT2D eigenvalue weighted by molar-refractivity contribution is -0.0514. The van der Waals surface area contributed by atoms with E-state index in [9.17, 15) is 8.78 Å². The summed E-state index contributed by atoms with van der Waals surface area (Å²) in [5.41, 5.74) is 0.883. The SMILES string of the molecule is CCCNCC=Cc1ccc(OC(F)F)c(OCC)c1. The first-order valence-corrected chi connectivity index (χ1v) is 6.76. The molecule has 0 aliphatic carbocycles. The standard InChI is InChI=1S/C15H21F2NO2/c1-3-9-18-10-5-6-12-7-8-13(20-15(16)17)14(11-12)19-4-2/h5-8,11,15,18H,3-4,9-10H2,1-2H3. The highest BCUT2D eigenvalue weighted by molar-refractivity contribution is 5.56. The minimum absolute atomic E-state index is 0.0584. The molecule has 0 atom stereocenters. The van der Waals surface area contributed by atoms with Crippen LogP contribution in [0.4, 0.5) is 8.78 Å². The van der Waals surface area contributed by atoms with Crippen molar-refractivity contribution in [2.24, 2.45) is 0 Å². The summed E-state index contributed by atoms with van der Waals surface area (Å²) in [6.07, 6.45) is 4.98. The van der Waals surface area contributed by atoms with E-state index < -0.39 is 6.61 Å². The number of halogens is 2. The van der Waals surface area contributed by atoms with E-state index in [0.717, 1.165) is 25.1 Å². The van der Waals surface area contributed by atoms with E-state index in [4.69, 9.17) is 4.74 Å². The molecular formula is C15H21F2NO2. The van der Waals surface area contributed by atoms with Crippen molar-refractivity contribution >= 4 is 6.08 Å². The second-order valence-corrected chi connectivity index (χ2v) is 4.12. The van der Waals surface area contributed by atoms with Gasteiger partial charge in [-0.2, -0.15) is 8.78 Å². The summed E-state index contributed by atoms with van der Waals surface area (Å²) in [5, 5.41) is 3.24. The van der Waals surface area contributed by atoms with Crippen LogP contribution in [-0.2, 0) is 0 Å². The van der Waals surface area contributed by atoms with Gasteiger partial charge in [0.25, 0.3) is 0 Å². The monoisotopic (exact) mass is 285 g/mol. The quantitative estimate of drug-likeness (QED) is 0.702. The molecule has 0 fully saturated rings. The van der Waals surface area contributed by atoms with Gasteiger partial charge < -0.3 is 14.8 Å². The molecule has 0 aliphatic rings. The Kier molecular flexibility index (Phi) is 7.65. The average Bonchev–Trinajstić information content (AvgIpc) is 2.41. The lowest BCUT2D eigenvalue weighted by Gasteiger charge is -2.11. The third-order valence-electron chi connectivity index (χ3n) is 2.48. The van der Waals surface area contributed by atoms with Gasteiger partial charge in [-0.3, -0.25) is 0 Å². The van der Waals surface area contributed by atoms with Gasteiger partial charge in [0.2, 0.25) is 0 Å². The summed E-state index contributed by atoms with van der Waals surface area (Å²) >= 11 is 0. The second kappa shape index (κ2) is 9.31. The lowest BCUT2D eigenvalue weighted by Crippen LogP contribution is -2.13. The lowest BCUT2D eigenvalue weighted by atomic mass is 10.2. The molecule has 1 aromatic carbocycles. The molecular weight excluding hydrogens is 264 g/mol. The van der Waals surface area contributed by atoms with Crippen molar-refractivity contribution in [2.45, 2.75) is 26.9 Å². The number of hydrogen-bond donors (Lipinski definition) is 1. The molecule has 0 heterocycles. The van der Waals surface area contributed by atoms with Gasteiger partial charge in [0.1, 0.15) is 0 Å². The highest BCUT2D eigenvalue weighted by Gasteiger charge is 2.10. The van der Waals surface area contributed by atoms with Crippen molar-refractivity contribution in [1.29, 1.82) is 0 Å². The molecule has 0 aromatic heterocycles. The Bertz CT molecular complexity index is 422. The molecule has 20 heavy (non-hydrogen) atoms. The third kappa shape index (κ3) is 6.02. The zero-order valence-corrected chi connectivity index (χ0v) is 11.9.